The first-order valence-electron chi connectivity index (χ1n) is 8.92. The van der Waals surface area contributed by atoms with E-state index in [0.717, 1.165) is 23.4 Å². The third-order valence-corrected chi connectivity index (χ3v) is 5.71. The van der Waals surface area contributed by atoms with Gasteiger partial charge in [-0.2, -0.15) is 0 Å². The largest absolute Gasteiger partial charge is 0.480 e. The smallest absolute Gasteiger partial charge is 0.264 e. The second-order valence-electron chi connectivity index (χ2n) is 7.36. The average Bonchev–Trinajstić information content (AvgIpc) is 3.06. The quantitative estimate of drug-likeness (QED) is 0.798. The second kappa shape index (κ2) is 5.48. The van der Waals surface area contributed by atoms with Crippen molar-refractivity contribution in [2.45, 2.75) is 31.4 Å². The molecule has 0 N–H and O–H groups in total. The first-order chi connectivity index (χ1) is 12.2. The van der Waals surface area contributed by atoms with Crippen molar-refractivity contribution in [1.29, 1.82) is 0 Å². The topological polar surface area (TPSA) is 51.5 Å². The van der Waals surface area contributed by atoms with Gasteiger partial charge in [-0.1, -0.05) is 24.3 Å². The highest BCUT2D eigenvalue weighted by Gasteiger charge is 2.40. The molecule has 2 bridgehead atoms. The summed E-state index contributed by atoms with van der Waals surface area (Å²) in [7, 11) is 0. The van der Waals surface area contributed by atoms with E-state index in [4.69, 9.17) is 4.74 Å². The number of hydrogen-bond acceptors (Lipinski definition) is 3. The fraction of sp³-hybridized carbons (Fsp3) is 0.400. The van der Waals surface area contributed by atoms with Crippen LogP contribution in [0.15, 0.2) is 47.3 Å². The summed E-state index contributed by atoms with van der Waals surface area (Å²) in [5, 5.41) is 0. The molecule has 3 unspecified atom stereocenters. The summed E-state index contributed by atoms with van der Waals surface area (Å²) in [5.41, 5.74) is 2.24. The van der Waals surface area contributed by atoms with Gasteiger partial charge < -0.3 is 14.2 Å². The number of nitrogens with zero attached hydrogens (tertiary/aromatic N) is 2. The summed E-state index contributed by atoms with van der Waals surface area (Å²) in [4.78, 5) is 27.1. The number of para-hydroxylation sites is 1. The maximum Gasteiger partial charge on any atom is 0.264 e. The van der Waals surface area contributed by atoms with Crippen LogP contribution in [0.4, 0.5) is 0 Å². The maximum absolute atomic E-state index is 13.0. The van der Waals surface area contributed by atoms with Gasteiger partial charge in [-0.25, -0.2) is 0 Å². The number of hydrogen-bond donors (Lipinski definition) is 0. The minimum absolute atomic E-state index is 0.0709. The lowest BCUT2D eigenvalue weighted by Crippen LogP contribution is -2.52. The van der Waals surface area contributed by atoms with Crippen LogP contribution in [0.3, 0.4) is 0 Å². The minimum atomic E-state index is -0.408. The number of fused-ring (bicyclic) bond motifs is 5. The van der Waals surface area contributed by atoms with E-state index in [-0.39, 0.29) is 17.4 Å². The molecule has 1 fully saturated rings. The highest BCUT2D eigenvalue weighted by atomic mass is 16.5. The van der Waals surface area contributed by atoms with Gasteiger partial charge in [0.25, 0.3) is 11.5 Å². The van der Waals surface area contributed by atoms with Gasteiger partial charge in [0.2, 0.25) is 0 Å². The molecule has 3 aliphatic heterocycles. The van der Waals surface area contributed by atoms with E-state index in [9.17, 15) is 9.59 Å². The Morgan fingerprint density at radius 3 is 2.80 bits per heavy atom. The van der Waals surface area contributed by atoms with Crippen molar-refractivity contribution < 1.29 is 9.53 Å². The molecule has 0 saturated carbocycles. The van der Waals surface area contributed by atoms with Gasteiger partial charge in [0.1, 0.15) is 5.75 Å². The number of amides is 1. The van der Waals surface area contributed by atoms with Gasteiger partial charge >= 0.3 is 0 Å². The van der Waals surface area contributed by atoms with Crippen LogP contribution < -0.4 is 10.3 Å². The molecule has 0 radical (unpaired) electrons. The molecule has 4 heterocycles. The Morgan fingerprint density at radius 2 is 1.92 bits per heavy atom. The van der Waals surface area contributed by atoms with Gasteiger partial charge in [0.15, 0.2) is 6.10 Å². The Hall–Kier alpha value is -2.56. The fourth-order valence-electron chi connectivity index (χ4n) is 4.60. The van der Waals surface area contributed by atoms with Crippen molar-refractivity contribution in [3.63, 3.8) is 0 Å². The summed E-state index contributed by atoms with van der Waals surface area (Å²) in [6, 6.07) is 13.3. The molecule has 5 rings (SSSR count). The van der Waals surface area contributed by atoms with E-state index in [1.54, 1.807) is 6.07 Å². The molecule has 3 aliphatic rings. The normalized spacial score (nSPS) is 26.6. The lowest BCUT2D eigenvalue weighted by molar-refractivity contribution is -0.140. The van der Waals surface area contributed by atoms with E-state index >= 15 is 0 Å². The molecule has 0 spiro atoms. The third kappa shape index (κ3) is 2.37. The molecule has 0 aliphatic carbocycles. The van der Waals surface area contributed by atoms with Crippen LogP contribution in [0.25, 0.3) is 0 Å². The number of carbonyl (C=O) groups is 1. The van der Waals surface area contributed by atoms with Crippen molar-refractivity contribution in [1.82, 2.24) is 9.47 Å². The third-order valence-electron chi connectivity index (χ3n) is 5.71. The van der Waals surface area contributed by atoms with Crippen LogP contribution in [-0.2, 0) is 17.8 Å². The molecular formula is C20H20N2O3. The molecule has 5 nitrogen and oxygen atoms in total. The van der Waals surface area contributed by atoms with Gasteiger partial charge in [-0.3, -0.25) is 9.59 Å². The number of pyridine rings is 1. The van der Waals surface area contributed by atoms with E-state index in [1.807, 2.05) is 45.9 Å². The number of likely N-dealkylation sites (tertiary alicyclic amines) is 1. The molecule has 128 valence electrons. The Bertz CT molecular complexity index is 879. The van der Waals surface area contributed by atoms with Crippen LogP contribution >= 0.6 is 0 Å². The second-order valence-corrected chi connectivity index (χ2v) is 7.36. The predicted molar refractivity (Wildman–Crippen MR) is 92.7 cm³/mol. The van der Waals surface area contributed by atoms with E-state index in [0.29, 0.717) is 32.0 Å². The lowest BCUT2D eigenvalue weighted by atomic mass is 9.83. The molecule has 25 heavy (non-hydrogen) atoms. The molecule has 1 aromatic heterocycles. The number of ether oxygens (including phenoxy) is 1. The summed E-state index contributed by atoms with van der Waals surface area (Å²) in [6.07, 6.45) is 1.30. The summed E-state index contributed by atoms with van der Waals surface area (Å²) < 4.78 is 7.78. The van der Waals surface area contributed by atoms with Gasteiger partial charge in [-0.15, -0.1) is 0 Å². The standard InChI is InChI=1S/C20H20N2O3/c23-19-7-3-5-16-15-8-13(11-22(16)19)10-21(12-15)20(24)18-9-14-4-1-2-6-17(14)25-18/h1-7,13,15,18H,8-12H2. The lowest BCUT2D eigenvalue weighted by Gasteiger charge is -2.43. The average molecular weight is 336 g/mol. The predicted octanol–water partition coefficient (Wildman–Crippen LogP) is 1.80. The minimum Gasteiger partial charge on any atom is -0.480 e. The van der Waals surface area contributed by atoms with Crippen LogP contribution in [0.1, 0.15) is 23.6 Å². The molecule has 5 heteroatoms. The molecule has 2 aromatic rings. The Kier molecular flexibility index (Phi) is 3.23. The molecular weight excluding hydrogens is 316 g/mol. The van der Waals surface area contributed by atoms with Gasteiger partial charge in [-0.05, 0) is 30.0 Å². The van der Waals surface area contributed by atoms with Crippen LogP contribution in [0, 0.1) is 5.92 Å². The van der Waals surface area contributed by atoms with Crippen LogP contribution in [0.5, 0.6) is 5.75 Å². The summed E-state index contributed by atoms with van der Waals surface area (Å²) in [6.45, 7) is 2.10. The SMILES string of the molecule is O=C(C1Cc2ccccc2O1)N1CC2CC(C1)c1cccc(=O)n1C2. The number of piperidine rings is 1. The van der Waals surface area contributed by atoms with Crippen molar-refractivity contribution in [3.05, 3.63) is 64.1 Å². The summed E-state index contributed by atoms with van der Waals surface area (Å²) in [5.74, 6) is 1.50. The molecule has 1 aromatic carbocycles. The number of aromatic nitrogens is 1. The number of carbonyl (C=O) groups excluding carboxylic acids is 1. The van der Waals surface area contributed by atoms with Crippen molar-refractivity contribution in [3.8, 4) is 5.75 Å². The zero-order valence-corrected chi connectivity index (χ0v) is 13.9. The monoisotopic (exact) mass is 336 g/mol. The van der Waals surface area contributed by atoms with Crippen LogP contribution in [-0.4, -0.2) is 34.6 Å². The van der Waals surface area contributed by atoms with Crippen LogP contribution in [0.2, 0.25) is 0 Å². The number of benzene rings is 1. The Balaban J connectivity index is 1.37. The van der Waals surface area contributed by atoms with E-state index < -0.39 is 6.10 Å². The zero-order chi connectivity index (χ0) is 17.0. The van der Waals surface area contributed by atoms with Crippen molar-refractivity contribution in [2.75, 3.05) is 13.1 Å². The van der Waals surface area contributed by atoms with E-state index in [2.05, 4.69) is 0 Å². The molecule has 1 amide bonds. The summed E-state index contributed by atoms with van der Waals surface area (Å²) >= 11 is 0. The van der Waals surface area contributed by atoms with Gasteiger partial charge in [0, 0.05) is 43.7 Å². The van der Waals surface area contributed by atoms with Gasteiger partial charge in [0.05, 0.1) is 0 Å². The van der Waals surface area contributed by atoms with Crippen molar-refractivity contribution >= 4 is 5.91 Å². The number of rotatable bonds is 1. The molecule has 3 atom stereocenters. The Morgan fingerprint density at radius 1 is 1.04 bits per heavy atom. The van der Waals surface area contributed by atoms with Crippen molar-refractivity contribution in [2.24, 2.45) is 5.92 Å². The first kappa shape index (κ1) is 14.8. The first-order valence-corrected chi connectivity index (χ1v) is 8.92. The molecule has 1 saturated heterocycles. The fourth-order valence-corrected chi connectivity index (χ4v) is 4.60. The zero-order valence-electron chi connectivity index (χ0n) is 13.9. The van der Waals surface area contributed by atoms with E-state index in [1.165, 1.54) is 0 Å². The highest BCUT2D eigenvalue weighted by molar-refractivity contribution is 5.83. The highest BCUT2D eigenvalue weighted by Crippen LogP contribution is 2.36. The Labute approximate surface area is 145 Å². The maximum atomic E-state index is 13.0.